The maximum absolute atomic E-state index is 12.0. The Balaban J connectivity index is 1.19. The number of aromatic amines is 1. The number of nitrogens with one attached hydrogen (secondary N) is 2. The minimum absolute atomic E-state index is 0.0838. The molecular weight excluding hydrogens is 454 g/mol. The van der Waals surface area contributed by atoms with Crippen LogP contribution >= 0.6 is 11.6 Å². The number of morpholine rings is 1. The summed E-state index contributed by atoms with van der Waals surface area (Å²) in [6.07, 6.45) is 12.8. The summed E-state index contributed by atoms with van der Waals surface area (Å²) in [5.74, 6) is 0.697. The molecule has 8 nitrogen and oxygen atoms in total. The van der Waals surface area contributed by atoms with E-state index < -0.39 is 0 Å². The third-order valence-corrected chi connectivity index (χ3v) is 7.13. The molecule has 9 heteroatoms. The van der Waals surface area contributed by atoms with Gasteiger partial charge >= 0.3 is 6.01 Å². The van der Waals surface area contributed by atoms with Crippen molar-refractivity contribution in [2.45, 2.75) is 25.3 Å². The van der Waals surface area contributed by atoms with Gasteiger partial charge in [0.15, 0.2) is 5.65 Å². The number of hydrogen-bond donors (Lipinski definition) is 2. The summed E-state index contributed by atoms with van der Waals surface area (Å²) in [5.41, 5.74) is 4.10. The van der Waals surface area contributed by atoms with Crippen LogP contribution in [0.2, 0.25) is 5.02 Å². The molecule has 0 spiro atoms. The van der Waals surface area contributed by atoms with Gasteiger partial charge < -0.3 is 19.8 Å². The van der Waals surface area contributed by atoms with E-state index in [0.717, 1.165) is 56.0 Å². The largest absolute Gasteiger partial charge is 0.426 e. The van der Waals surface area contributed by atoms with Crippen LogP contribution in [0.4, 0.5) is 0 Å². The molecule has 2 aromatic rings. The Labute approximate surface area is 202 Å². The average molecular weight is 480 g/mol. The average Bonchev–Trinajstić information content (AvgIpc) is 3.25. The Kier molecular flexibility index (Phi) is 5.72. The fourth-order valence-electron chi connectivity index (χ4n) is 5.00. The summed E-state index contributed by atoms with van der Waals surface area (Å²) < 4.78 is 11.5. The van der Waals surface area contributed by atoms with Gasteiger partial charge in [0.05, 0.1) is 35.4 Å². The zero-order valence-electron chi connectivity index (χ0n) is 18.7. The fourth-order valence-corrected chi connectivity index (χ4v) is 5.26. The Morgan fingerprint density at radius 2 is 2.06 bits per heavy atom. The molecule has 2 atom stereocenters. The van der Waals surface area contributed by atoms with Gasteiger partial charge in [-0.15, -0.1) is 0 Å². The van der Waals surface area contributed by atoms with Gasteiger partial charge in [-0.2, -0.15) is 4.98 Å². The van der Waals surface area contributed by atoms with E-state index in [1.165, 1.54) is 0 Å². The van der Waals surface area contributed by atoms with Crippen molar-refractivity contribution in [3.8, 4) is 6.01 Å². The van der Waals surface area contributed by atoms with Crippen molar-refractivity contribution in [2.24, 2.45) is 5.92 Å². The van der Waals surface area contributed by atoms with Crippen LogP contribution in [0.3, 0.4) is 0 Å². The van der Waals surface area contributed by atoms with Gasteiger partial charge in [-0.3, -0.25) is 9.69 Å². The number of halogens is 1. The smallest absolute Gasteiger partial charge is 0.301 e. The lowest BCUT2D eigenvalue weighted by Gasteiger charge is -2.33. The number of hydrogen-bond acceptors (Lipinski definition) is 6. The first-order valence-corrected chi connectivity index (χ1v) is 12.1. The van der Waals surface area contributed by atoms with Crippen LogP contribution in [0.15, 0.2) is 47.8 Å². The molecule has 2 unspecified atom stereocenters. The molecule has 176 valence electrons. The number of fused-ring (bicyclic) bond motifs is 2. The molecule has 1 amide bonds. The summed E-state index contributed by atoms with van der Waals surface area (Å²) in [5, 5.41) is 3.48. The van der Waals surface area contributed by atoms with Crippen LogP contribution in [0.25, 0.3) is 16.7 Å². The number of allylic oxidation sites excluding steroid dienone is 4. The highest BCUT2D eigenvalue weighted by Crippen LogP contribution is 2.32. The van der Waals surface area contributed by atoms with Gasteiger partial charge in [0.2, 0.25) is 5.91 Å². The van der Waals surface area contributed by atoms with Crippen molar-refractivity contribution in [1.29, 1.82) is 0 Å². The summed E-state index contributed by atoms with van der Waals surface area (Å²) in [6.45, 7) is 4.17. The maximum atomic E-state index is 12.0. The number of pyridine rings is 1. The third-order valence-electron chi connectivity index (χ3n) is 6.84. The lowest BCUT2D eigenvalue weighted by Crippen LogP contribution is -2.42. The number of H-pyrrole nitrogens is 1. The second kappa shape index (κ2) is 9.02. The predicted molar refractivity (Wildman–Crippen MR) is 129 cm³/mol. The molecule has 0 bridgehead atoms. The third kappa shape index (κ3) is 4.17. The van der Waals surface area contributed by atoms with E-state index in [1.807, 2.05) is 18.2 Å². The van der Waals surface area contributed by atoms with Gasteiger partial charge in [-0.1, -0.05) is 35.4 Å². The first-order chi connectivity index (χ1) is 16.6. The van der Waals surface area contributed by atoms with Crippen LogP contribution in [-0.4, -0.2) is 64.6 Å². The summed E-state index contributed by atoms with van der Waals surface area (Å²) >= 11 is 6.60. The molecule has 6 rings (SSSR count). The normalized spacial score (nSPS) is 25.3. The molecule has 0 radical (unpaired) electrons. The quantitative estimate of drug-likeness (QED) is 0.698. The SMILES string of the molecule is O=C1NCCC2=CC(Oc3nc4nc(C5=CCC(N6CCOCC6)C=C5)c(Cl)cc4[nH]3)=CCC12. The van der Waals surface area contributed by atoms with Crippen molar-refractivity contribution >= 4 is 34.2 Å². The van der Waals surface area contributed by atoms with Gasteiger partial charge in [0.25, 0.3) is 0 Å². The molecule has 2 aliphatic carbocycles. The van der Waals surface area contributed by atoms with Crippen LogP contribution in [0.1, 0.15) is 25.0 Å². The number of carbonyl (C=O) groups is 1. The lowest BCUT2D eigenvalue weighted by molar-refractivity contribution is -0.124. The van der Waals surface area contributed by atoms with Crippen molar-refractivity contribution in [2.75, 3.05) is 32.8 Å². The minimum Gasteiger partial charge on any atom is -0.426 e. The minimum atomic E-state index is -0.0838. The van der Waals surface area contributed by atoms with Gasteiger partial charge in [0.1, 0.15) is 5.76 Å². The number of rotatable bonds is 4. The zero-order chi connectivity index (χ0) is 23.1. The molecule has 0 saturated carbocycles. The zero-order valence-corrected chi connectivity index (χ0v) is 19.5. The maximum Gasteiger partial charge on any atom is 0.301 e. The van der Waals surface area contributed by atoms with E-state index in [9.17, 15) is 4.79 Å². The van der Waals surface area contributed by atoms with Gasteiger partial charge in [0, 0.05) is 25.7 Å². The molecule has 0 aromatic carbocycles. The summed E-state index contributed by atoms with van der Waals surface area (Å²) in [7, 11) is 0. The topological polar surface area (TPSA) is 92.4 Å². The van der Waals surface area contributed by atoms with Crippen LogP contribution < -0.4 is 10.1 Å². The molecule has 34 heavy (non-hydrogen) atoms. The summed E-state index contributed by atoms with van der Waals surface area (Å²) in [4.78, 5) is 26.9. The van der Waals surface area contributed by atoms with Crippen LogP contribution in [0, 0.1) is 5.92 Å². The number of imidazole rings is 1. The molecule has 2 fully saturated rings. The second-order valence-corrected chi connectivity index (χ2v) is 9.37. The fraction of sp³-hybridized carbons (Fsp3) is 0.400. The van der Waals surface area contributed by atoms with Crippen molar-refractivity contribution in [3.05, 3.63) is 58.5 Å². The number of nitrogens with zero attached hydrogens (tertiary/aromatic N) is 3. The Morgan fingerprint density at radius 1 is 1.18 bits per heavy atom. The number of carbonyl (C=O) groups excluding carboxylic acids is 1. The number of piperidine rings is 1. The van der Waals surface area contributed by atoms with E-state index >= 15 is 0 Å². The summed E-state index contributed by atoms with van der Waals surface area (Å²) in [6, 6.07) is 2.59. The van der Waals surface area contributed by atoms with Gasteiger partial charge in [-0.05, 0) is 43.1 Å². The monoisotopic (exact) mass is 479 g/mol. The lowest BCUT2D eigenvalue weighted by atomic mass is 9.85. The molecule has 2 N–H and O–H groups in total. The van der Waals surface area contributed by atoms with E-state index in [-0.39, 0.29) is 11.8 Å². The van der Waals surface area contributed by atoms with E-state index in [0.29, 0.717) is 47.0 Å². The first kappa shape index (κ1) is 21.6. The molecule has 2 aromatic heterocycles. The van der Waals surface area contributed by atoms with Crippen LogP contribution in [-0.2, 0) is 9.53 Å². The predicted octanol–water partition coefficient (Wildman–Crippen LogP) is 3.38. The highest BCUT2D eigenvalue weighted by molar-refractivity contribution is 6.32. The molecule has 4 aliphatic rings. The molecule has 2 aliphatic heterocycles. The Morgan fingerprint density at radius 3 is 2.88 bits per heavy atom. The van der Waals surface area contributed by atoms with E-state index in [1.54, 1.807) is 0 Å². The van der Waals surface area contributed by atoms with Crippen molar-refractivity contribution < 1.29 is 14.3 Å². The molecule has 4 heterocycles. The Hall–Kier alpha value is -2.94. The number of ether oxygens (including phenoxy) is 2. The van der Waals surface area contributed by atoms with Crippen molar-refractivity contribution in [1.82, 2.24) is 25.2 Å². The van der Waals surface area contributed by atoms with Crippen LogP contribution in [0.5, 0.6) is 6.01 Å². The van der Waals surface area contributed by atoms with Crippen molar-refractivity contribution in [3.63, 3.8) is 0 Å². The molecular formula is C25H26ClN5O3. The number of amides is 1. The first-order valence-electron chi connectivity index (χ1n) is 11.8. The van der Waals surface area contributed by atoms with E-state index in [4.69, 9.17) is 26.1 Å². The molecule has 2 saturated heterocycles. The highest BCUT2D eigenvalue weighted by Gasteiger charge is 2.29. The Bertz CT molecular complexity index is 1250. The van der Waals surface area contributed by atoms with E-state index in [2.05, 4.69) is 38.4 Å². The standard InChI is InChI=1S/C25H26ClN5O3/c26-20-14-21-23(29-22(20)15-1-3-17(4-2-15)31-9-11-33-12-10-31)30-25(28-21)34-18-5-6-19-16(13-18)7-8-27-24(19)32/h1-3,5,13-14,17,19H,4,6-12H2,(H,27,32)(H,28,29,30). The highest BCUT2D eigenvalue weighted by atomic mass is 35.5. The second-order valence-electron chi connectivity index (χ2n) is 8.96. The number of aromatic nitrogens is 3. The van der Waals surface area contributed by atoms with Gasteiger partial charge in [-0.25, -0.2) is 4.98 Å².